The SMILES string of the molecule is CC(Cc1cccc(F)c1)NCCc1cccs1. The fourth-order valence-corrected chi connectivity index (χ4v) is 2.70. The second kappa shape index (κ2) is 6.66. The largest absolute Gasteiger partial charge is 0.314 e. The fourth-order valence-electron chi connectivity index (χ4n) is 1.99. The maximum absolute atomic E-state index is 13.0. The van der Waals surface area contributed by atoms with Crippen molar-refractivity contribution in [2.24, 2.45) is 0 Å². The number of hydrogen-bond acceptors (Lipinski definition) is 2. The third-order valence-electron chi connectivity index (χ3n) is 2.88. The maximum atomic E-state index is 13.0. The Labute approximate surface area is 112 Å². The van der Waals surface area contributed by atoms with E-state index < -0.39 is 0 Å². The molecule has 0 amide bonds. The Morgan fingerprint density at radius 3 is 2.89 bits per heavy atom. The quantitative estimate of drug-likeness (QED) is 0.839. The van der Waals surface area contributed by atoms with Crippen LogP contribution in [0.5, 0.6) is 0 Å². The van der Waals surface area contributed by atoms with Crippen molar-refractivity contribution in [1.82, 2.24) is 5.32 Å². The first-order chi connectivity index (χ1) is 8.74. The van der Waals surface area contributed by atoms with Crippen LogP contribution in [-0.2, 0) is 12.8 Å². The van der Waals surface area contributed by atoms with Gasteiger partial charge in [-0.05, 0) is 48.9 Å². The molecule has 18 heavy (non-hydrogen) atoms. The van der Waals surface area contributed by atoms with Gasteiger partial charge in [0.2, 0.25) is 0 Å². The normalized spacial score (nSPS) is 12.6. The van der Waals surface area contributed by atoms with E-state index in [0.29, 0.717) is 6.04 Å². The van der Waals surface area contributed by atoms with Crippen molar-refractivity contribution in [2.75, 3.05) is 6.54 Å². The minimum Gasteiger partial charge on any atom is -0.314 e. The highest BCUT2D eigenvalue weighted by Gasteiger charge is 2.04. The summed E-state index contributed by atoms with van der Waals surface area (Å²) in [5.74, 6) is -0.154. The third-order valence-corrected chi connectivity index (χ3v) is 3.81. The summed E-state index contributed by atoms with van der Waals surface area (Å²) < 4.78 is 13.0. The van der Waals surface area contributed by atoms with E-state index >= 15 is 0 Å². The van der Waals surface area contributed by atoms with Crippen LogP contribution in [0.1, 0.15) is 17.4 Å². The molecule has 1 N–H and O–H groups in total. The highest BCUT2D eigenvalue weighted by atomic mass is 32.1. The molecule has 1 aromatic carbocycles. The van der Waals surface area contributed by atoms with Gasteiger partial charge in [-0.15, -0.1) is 11.3 Å². The Morgan fingerprint density at radius 2 is 2.17 bits per heavy atom. The van der Waals surface area contributed by atoms with Gasteiger partial charge < -0.3 is 5.32 Å². The molecule has 0 saturated carbocycles. The summed E-state index contributed by atoms with van der Waals surface area (Å²) in [7, 11) is 0. The Bertz CT molecular complexity index is 467. The van der Waals surface area contributed by atoms with Crippen molar-refractivity contribution in [3.8, 4) is 0 Å². The van der Waals surface area contributed by atoms with Gasteiger partial charge in [0.05, 0.1) is 0 Å². The minimum absolute atomic E-state index is 0.154. The molecule has 1 nitrogen and oxygen atoms in total. The number of rotatable bonds is 6. The van der Waals surface area contributed by atoms with Crippen molar-refractivity contribution >= 4 is 11.3 Å². The first kappa shape index (κ1) is 13.2. The van der Waals surface area contributed by atoms with Gasteiger partial charge in [-0.25, -0.2) is 4.39 Å². The zero-order valence-corrected chi connectivity index (χ0v) is 11.3. The van der Waals surface area contributed by atoms with Crippen LogP contribution < -0.4 is 5.32 Å². The summed E-state index contributed by atoms with van der Waals surface area (Å²) in [4.78, 5) is 1.40. The fraction of sp³-hybridized carbons (Fsp3) is 0.333. The number of thiophene rings is 1. The number of hydrogen-bond donors (Lipinski definition) is 1. The molecule has 2 rings (SSSR count). The van der Waals surface area contributed by atoms with Gasteiger partial charge in [0.1, 0.15) is 5.82 Å². The summed E-state index contributed by atoms with van der Waals surface area (Å²) >= 11 is 1.79. The zero-order valence-electron chi connectivity index (χ0n) is 10.5. The van der Waals surface area contributed by atoms with Gasteiger partial charge in [0, 0.05) is 17.5 Å². The van der Waals surface area contributed by atoms with E-state index in [-0.39, 0.29) is 5.82 Å². The summed E-state index contributed by atoms with van der Waals surface area (Å²) in [6.45, 7) is 3.11. The molecular formula is C15H18FNS. The lowest BCUT2D eigenvalue weighted by molar-refractivity contribution is 0.547. The van der Waals surface area contributed by atoms with Crippen LogP contribution >= 0.6 is 11.3 Å². The highest BCUT2D eigenvalue weighted by molar-refractivity contribution is 7.09. The molecule has 1 unspecified atom stereocenters. The average Bonchev–Trinajstić information content (AvgIpc) is 2.82. The summed E-state index contributed by atoms with van der Waals surface area (Å²) in [6.07, 6.45) is 1.92. The molecule has 0 spiro atoms. The Hall–Kier alpha value is -1.19. The number of halogens is 1. The lowest BCUT2D eigenvalue weighted by Crippen LogP contribution is -2.29. The molecule has 1 atom stereocenters. The zero-order chi connectivity index (χ0) is 12.8. The van der Waals surface area contributed by atoms with Crippen molar-refractivity contribution in [3.05, 3.63) is 58.0 Å². The highest BCUT2D eigenvalue weighted by Crippen LogP contribution is 2.09. The minimum atomic E-state index is -0.154. The van der Waals surface area contributed by atoms with Crippen LogP contribution in [0.25, 0.3) is 0 Å². The summed E-state index contributed by atoms with van der Waals surface area (Å²) in [5.41, 5.74) is 1.05. The summed E-state index contributed by atoms with van der Waals surface area (Å²) in [5, 5.41) is 5.58. The first-order valence-electron chi connectivity index (χ1n) is 6.24. The Morgan fingerprint density at radius 1 is 1.28 bits per heavy atom. The topological polar surface area (TPSA) is 12.0 Å². The van der Waals surface area contributed by atoms with Crippen LogP contribution in [0.4, 0.5) is 4.39 Å². The van der Waals surface area contributed by atoms with Crippen LogP contribution in [-0.4, -0.2) is 12.6 Å². The van der Waals surface area contributed by atoms with Crippen LogP contribution in [0.15, 0.2) is 41.8 Å². The van der Waals surface area contributed by atoms with E-state index in [4.69, 9.17) is 0 Å². The molecule has 96 valence electrons. The van der Waals surface area contributed by atoms with Gasteiger partial charge in [0.25, 0.3) is 0 Å². The van der Waals surface area contributed by atoms with Crippen molar-refractivity contribution < 1.29 is 4.39 Å². The van der Waals surface area contributed by atoms with E-state index in [9.17, 15) is 4.39 Å². The van der Waals surface area contributed by atoms with E-state index in [1.165, 1.54) is 10.9 Å². The summed E-state index contributed by atoms with van der Waals surface area (Å²) in [6, 6.07) is 11.4. The molecule has 0 bridgehead atoms. The van der Waals surface area contributed by atoms with Crippen molar-refractivity contribution in [2.45, 2.75) is 25.8 Å². The van der Waals surface area contributed by atoms with Gasteiger partial charge in [-0.1, -0.05) is 18.2 Å². The first-order valence-corrected chi connectivity index (χ1v) is 7.12. The molecule has 0 aliphatic rings. The third kappa shape index (κ3) is 4.24. The van der Waals surface area contributed by atoms with Crippen LogP contribution in [0.2, 0.25) is 0 Å². The predicted molar refractivity (Wildman–Crippen MR) is 75.6 cm³/mol. The van der Waals surface area contributed by atoms with E-state index in [0.717, 1.165) is 24.9 Å². The Balaban J connectivity index is 1.73. The molecule has 0 fully saturated rings. The predicted octanol–water partition coefficient (Wildman–Crippen LogP) is 3.65. The number of nitrogens with one attached hydrogen (secondary N) is 1. The maximum Gasteiger partial charge on any atom is 0.123 e. The van der Waals surface area contributed by atoms with Crippen molar-refractivity contribution in [1.29, 1.82) is 0 Å². The molecule has 0 saturated heterocycles. The smallest absolute Gasteiger partial charge is 0.123 e. The van der Waals surface area contributed by atoms with E-state index in [1.807, 2.05) is 6.07 Å². The van der Waals surface area contributed by atoms with Gasteiger partial charge in [0.15, 0.2) is 0 Å². The van der Waals surface area contributed by atoms with Gasteiger partial charge in [-0.2, -0.15) is 0 Å². The second-order valence-electron chi connectivity index (χ2n) is 4.52. The Kier molecular flexibility index (Phi) is 4.90. The molecule has 0 aliphatic heterocycles. The average molecular weight is 263 g/mol. The molecule has 2 aromatic rings. The molecule has 0 radical (unpaired) electrons. The monoisotopic (exact) mass is 263 g/mol. The van der Waals surface area contributed by atoms with Crippen molar-refractivity contribution in [3.63, 3.8) is 0 Å². The van der Waals surface area contributed by atoms with Crippen LogP contribution in [0, 0.1) is 5.82 Å². The lowest BCUT2D eigenvalue weighted by atomic mass is 10.1. The molecule has 1 heterocycles. The molecule has 0 aliphatic carbocycles. The lowest BCUT2D eigenvalue weighted by Gasteiger charge is -2.13. The molecular weight excluding hydrogens is 245 g/mol. The van der Waals surface area contributed by atoms with E-state index in [2.05, 4.69) is 29.8 Å². The second-order valence-corrected chi connectivity index (χ2v) is 5.55. The van der Waals surface area contributed by atoms with Gasteiger partial charge >= 0.3 is 0 Å². The molecule has 3 heteroatoms. The standard InChI is InChI=1S/C15H18FNS/c1-12(10-13-4-2-5-14(16)11-13)17-8-7-15-6-3-9-18-15/h2-6,9,11-12,17H,7-8,10H2,1H3. The van der Waals surface area contributed by atoms with Gasteiger partial charge in [-0.3, -0.25) is 0 Å². The number of benzene rings is 1. The van der Waals surface area contributed by atoms with Crippen LogP contribution in [0.3, 0.4) is 0 Å². The molecule has 1 aromatic heterocycles. The van der Waals surface area contributed by atoms with E-state index in [1.54, 1.807) is 23.5 Å².